The molecule has 1 N–H and O–H groups in total. The van der Waals surface area contributed by atoms with Crippen molar-refractivity contribution in [1.29, 1.82) is 5.26 Å². The maximum Gasteiger partial charge on any atom is 0.418 e. The lowest BCUT2D eigenvalue weighted by Crippen LogP contribution is -2.13. The smallest absolute Gasteiger partial charge is 0.372 e. The molecule has 0 radical (unpaired) electrons. The Morgan fingerprint density at radius 1 is 1.44 bits per heavy atom. The summed E-state index contributed by atoms with van der Waals surface area (Å²) < 4.78 is 38.1. The van der Waals surface area contributed by atoms with E-state index in [1.54, 1.807) is 0 Å². The Bertz CT molecular complexity index is 463. The lowest BCUT2D eigenvalue weighted by molar-refractivity contribution is -0.138. The zero-order chi connectivity index (χ0) is 12.5. The van der Waals surface area contributed by atoms with Crippen LogP contribution >= 0.6 is 15.9 Å². The van der Waals surface area contributed by atoms with Crippen molar-refractivity contribution in [1.82, 2.24) is 4.98 Å². The van der Waals surface area contributed by atoms with Gasteiger partial charge in [-0.1, -0.05) is 0 Å². The van der Waals surface area contributed by atoms with Gasteiger partial charge in [0.05, 0.1) is 15.7 Å². The van der Waals surface area contributed by atoms with Gasteiger partial charge in [0.2, 0.25) is 0 Å². The highest BCUT2D eigenvalue weighted by atomic mass is 79.9. The van der Waals surface area contributed by atoms with Crippen LogP contribution in [0, 0.1) is 18.3 Å². The second-order valence-electron chi connectivity index (χ2n) is 2.97. The topological polar surface area (TPSA) is 48.7 Å². The van der Waals surface area contributed by atoms with Gasteiger partial charge in [-0.15, -0.1) is 0 Å². The van der Waals surface area contributed by atoms with Gasteiger partial charge in [0.15, 0.2) is 0 Å². The molecule has 1 rings (SSSR count). The van der Waals surface area contributed by atoms with E-state index in [4.69, 9.17) is 5.26 Å². The molecule has 0 aliphatic carbocycles. The van der Waals surface area contributed by atoms with E-state index in [9.17, 15) is 13.2 Å². The zero-order valence-corrected chi connectivity index (χ0v) is 9.99. The van der Waals surface area contributed by atoms with E-state index in [2.05, 4.69) is 26.2 Å². The molecule has 0 amide bonds. The molecule has 1 aromatic heterocycles. The SMILES string of the molecule is CNc1nc(C)c(Br)c(C(F)(F)F)c1C#N. The number of nitrogens with one attached hydrogen (secondary N) is 1. The molecule has 16 heavy (non-hydrogen) atoms. The van der Waals surface area contributed by atoms with Gasteiger partial charge in [-0.2, -0.15) is 18.4 Å². The maximum atomic E-state index is 12.8. The summed E-state index contributed by atoms with van der Waals surface area (Å²) in [6.07, 6.45) is -4.59. The van der Waals surface area contributed by atoms with Gasteiger partial charge < -0.3 is 5.32 Å². The van der Waals surface area contributed by atoms with Gasteiger partial charge in [0.1, 0.15) is 17.5 Å². The zero-order valence-electron chi connectivity index (χ0n) is 8.41. The molecule has 0 saturated heterocycles. The summed E-state index contributed by atoms with van der Waals surface area (Å²) in [7, 11) is 1.41. The summed E-state index contributed by atoms with van der Waals surface area (Å²) in [5.41, 5.74) is -1.32. The molecule has 0 saturated carbocycles. The number of alkyl halides is 3. The molecule has 3 nitrogen and oxygen atoms in total. The molecule has 1 aromatic rings. The average molecular weight is 294 g/mol. The maximum absolute atomic E-state index is 12.8. The van der Waals surface area contributed by atoms with E-state index in [1.807, 2.05) is 0 Å². The number of hydrogen-bond acceptors (Lipinski definition) is 3. The minimum absolute atomic E-state index is 0.0736. The first-order valence-corrected chi connectivity index (χ1v) is 4.97. The second-order valence-corrected chi connectivity index (χ2v) is 3.76. The lowest BCUT2D eigenvalue weighted by Gasteiger charge is -2.15. The summed E-state index contributed by atoms with van der Waals surface area (Å²) in [5.74, 6) is -0.0736. The number of nitrogens with zero attached hydrogens (tertiary/aromatic N) is 2. The van der Waals surface area contributed by atoms with E-state index in [0.29, 0.717) is 0 Å². The van der Waals surface area contributed by atoms with Crippen LogP contribution in [0.25, 0.3) is 0 Å². The average Bonchev–Trinajstić information content (AvgIpc) is 2.19. The van der Waals surface area contributed by atoms with Gasteiger partial charge in [0, 0.05) is 7.05 Å². The van der Waals surface area contributed by atoms with Crippen LogP contribution in [0.4, 0.5) is 19.0 Å². The predicted octanol–water partition coefficient (Wildman–Crippen LogP) is 3.08. The minimum atomic E-state index is -4.59. The van der Waals surface area contributed by atoms with Gasteiger partial charge >= 0.3 is 6.18 Å². The third-order valence-corrected chi connectivity index (χ3v) is 2.91. The number of pyridine rings is 1. The third-order valence-electron chi connectivity index (χ3n) is 1.94. The number of aromatic nitrogens is 1. The van der Waals surface area contributed by atoms with E-state index >= 15 is 0 Å². The van der Waals surface area contributed by atoms with Crippen LogP contribution in [-0.4, -0.2) is 12.0 Å². The summed E-state index contributed by atoms with van der Waals surface area (Å²) in [6, 6.07) is 1.51. The van der Waals surface area contributed by atoms with Crippen molar-refractivity contribution < 1.29 is 13.2 Å². The quantitative estimate of drug-likeness (QED) is 0.866. The largest absolute Gasteiger partial charge is 0.418 e. The number of halogens is 4. The molecule has 7 heteroatoms. The van der Waals surface area contributed by atoms with Crippen molar-refractivity contribution in [3.8, 4) is 6.07 Å². The van der Waals surface area contributed by atoms with Crippen molar-refractivity contribution in [2.75, 3.05) is 12.4 Å². The molecular weight excluding hydrogens is 287 g/mol. The molecule has 0 spiro atoms. The van der Waals surface area contributed by atoms with Crippen LogP contribution in [0.15, 0.2) is 4.47 Å². The van der Waals surface area contributed by atoms with E-state index < -0.39 is 17.3 Å². The number of aryl methyl sites for hydroxylation is 1. The fourth-order valence-electron chi connectivity index (χ4n) is 1.24. The van der Waals surface area contributed by atoms with Crippen molar-refractivity contribution in [2.24, 2.45) is 0 Å². The molecule has 0 atom stereocenters. The van der Waals surface area contributed by atoms with Crippen molar-refractivity contribution in [2.45, 2.75) is 13.1 Å². The molecule has 0 aromatic carbocycles. The summed E-state index contributed by atoms with van der Waals surface area (Å²) in [5, 5.41) is 11.2. The van der Waals surface area contributed by atoms with Crippen molar-refractivity contribution in [3.05, 3.63) is 21.3 Å². The van der Waals surface area contributed by atoms with E-state index in [1.165, 1.54) is 20.0 Å². The van der Waals surface area contributed by atoms with Crippen LogP contribution < -0.4 is 5.32 Å². The van der Waals surface area contributed by atoms with Crippen LogP contribution in [0.2, 0.25) is 0 Å². The second kappa shape index (κ2) is 4.29. The number of nitriles is 1. The van der Waals surface area contributed by atoms with Crippen LogP contribution in [0.5, 0.6) is 0 Å². The minimum Gasteiger partial charge on any atom is -0.372 e. The third kappa shape index (κ3) is 2.11. The first kappa shape index (κ1) is 12.8. The molecule has 0 fully saturated rings. The molecule has 0 unspecified atom stereocenters. The highest BCUT2D eigenvalue weighted by Gasteiger charge is 2.38. The van der Waals surface area contributed by atoms with E-state index in [0.717, 1.165) is 0 Å². The Labute approximate surface area is 98.4 Å². The summed E-state index contributed by atoms with van der Waals surface area (Å²) in [4.78, 5) is 3.86. The monoisotopic (exact) mass is 293 g/mol. The predicted molar refractivity (Wildman–Crippen MR) is 55.9 cm³/mol. The van der Waals surface area contributed by atoms with Crippen LogP contribution in [-0.2, 0) is 6.18 Å². The molecule has 0 bridgehead atoms. The molecule has 0 aliphatic heterocycles. The van der Waals surface area contributed by atoms with Crippen molar-refractivity contribution >= 4 is 21.7 Å². The summed E-state index contributed by atoms with van der Waals surface area (Å²) in [6.45, 7) is 1.43. The van der Waals surface area contributed by atoms with E-state index in [-0.39, 0.29) is 16.0 Å². The van der Waals surface area contributed by atoms with Gasteiger partial charge in [-0.3, -0.25) is 0 Å². The first-order chi connectivity index (χ1) is 7.32. The Balaban J connectivity index is 3.69. The Morgan fingerprint density at radius 3 is 2.38 bits per heavy atom. The highest BCUT2D eigenvalue weighted by molar-refractivity contribution is 9.10. The summed E-state index contributed by atoms with van der Waals surface area (Å²) >= 11 is 2.81. The number of hydrogen-bond donors (Lipinski definition) is 1. The Hall–Kier alpha value is -1.29. The molecule has 0 aliphatic rings. The number of rotatable bonds is 1. The first-order valence-electron chi connectivity index (χ1n) is 4.18. The fourth-order valence-corrected chi connectivity index (χ4v) is 1.75. The van der Waals surface area contributed by atoms with Gasteiger partial charge in [-0.05, 0) is 22.9 Å². The van der Waals surface area contributed by atoms with Crippen molar-refractivity contribution in [3.63, 3.8) is 0 Å². The highest BCUT2D eigenvalue weighted by Crippen LogP contribution is 2.40. The fraction of sp³-hybridized carbons (Fsp3) is 0.333. The lowest BCUT2D eigenvalue weighted by atomic mass is 10.1. The Morgan fingerprint density at radius 2 is 2.00 bits per heavy atom. The standard InChI is InChI=1S/C9H7BrF3N3/c1-4-7(10)6(9(11,12)13)5(3-14)8(15-2)16-4/h1-2H3,(H,15,16). The Kier molecular flexibility index (Phi) is 3.43. The van der Waals surface area contributed by atoms with Gasteiger partial charge in [0.25, 0.3) is 0 Å². The molecule has 86 valence electrons. The molecular formula is C9H7BrF3N3. The molecule has 1 heterocycles. The van der Waals surface area contributed by atoms with Crippen LogP contribution in [0.3, 0.4) is 0 Å². The van der Waals surface area contributed by atoms with Crippen LogP contribution in [0.1, 0.15) is 16.8 Å². The normalized spacial score (nSPS) is 11.1. The number of anilines is 1. The van der Waals surface area contributed by atoms with Gasteiger partial charge in [-0.25, -0.2) is 4.98 Å².